The van der Waals surface area contributed by atoms with Gasteiger partial charge in [0.15, 0.2) is 15.7 Å². The van der Waals surface area contributed by atoms with E-state index in [9.17, 15) is 22.0 Å². The summed E-state index contributed by atoms with van der Waals surface area (Å²) in [5.74, 6) is -2.24. The molecule has 1 atom stereocenters. The summed E-state index contributed by atoms with van der Waals surface area (Å²) in [6.07, 6.45) is 2.29. The topological polar surface area (TPSA) is 67.3 Å². The summed E-state index contributed by atoms with van der Waals surface area (Å²) < 4.78 is 52.9. The molecule has 1 unspecified atom stereocenters. The summed E-state index contributed by atoms with van der Waals surface area (Å²) in [4.78, 5) is 17.4. The van der Waals surface area contributed by atoms with Crippen LogP contribution in [0.1, 0.15) is 27.6 Å². The lowest BCUT2D eigenvalue weighted by Gasteiger charge is -2.20. The summed E-state index contributed by atoms with van der Waals surface area (Å²) in [5.41, 5.74) is -0.0522. The first-order valence-electron chi connectivity index (χ1n) is 7.75. The van der Waals surface area contributed by atoms with E-state index in [2.05, 4.69) is 4.98 Å². The molecule has 2 heterocycles. The Morgan fingerprint density at radius 1 is 1.12 bits per heavy atom. The largest absolute Gasteiger partial charge is 0.337 e. The van der Waals surface area contributed by atoms with Gasteiger partial charge in [0.2, 0.25) is 0 Å². The highest BCUT2D eigenvalue weighted by atomic mass is 32.2. The highest BCUT2D eigenvalue weighted by Gasteiger charge is 2.34. The molecule has 8 heteroatoms. The number of pyridine rings is 1. The molecule has 0 aliphatic carbocycles. The quantitative estimate of drug-likeness (QED) is 0.818. The van der Waals surface area contributed by atoms with Crippen LogP contribution in [0.3, 0.4) is 0 Å². The molecule has 1 fully saturated rings. The number of amides is 1. The standard InChI is InChI=1S/C17H16F2N2O3S/c18-14-4-2-1-3-12(14)16-6-8-21(9-10-25(16,23)24)17(22)13-5-7-20-11-15(13)19/h1-5,7,11,16H,6,8-10H2. The van der Waals surface area contributed by atoms with Gasteiger partial charge in [0.05, 0.1) is 22.8 Å². The van der Waals surface area contributed by atoms with E-state index in [-0.39, 0.29) is 36.4 Å². The number of hydrogen-bond acceptors (Lipinski definition) is 4. The summed E-state index contributed by atoms with van der Waals surface area (Å²) in [6, 6.07) is 6.98. The third-order valence-electron chi connectivity index (χ3n) is 4.28. The molecular formula is C17H16F2N2O3S. The maximum atomic E-state index is 14.0. The van der Waals surface area contributed by atoms with Crippen LogP contribution in [0.25, 0.3) is 0 Å². The van der Waals surface area contributed by atoms with Crippen molar-refractivity contribution in [2.24, 2.45) is 0 Å². The Balaban J connectivity index is 1.87. The first-order valence-corrected chi connectivity index (χ1v) is 9.46. The molecule has 2 aromatic rings. The second-order valence-corrected chi connectivity index (χ2v) is 8.12. The van der Waals surface area contributed by atoms with E-state index >= 15 is 0 Å². The monoisotopic (exact) mass is 366 g/mol. The Hall–Kier alpha value is -2.35. The van der Waals surface area contributed by atoms with Crippen molar-refractivity contribution >= 4 is 15.7 Å². The SMILES string of the molecule is O=C(c1ccncc1F)N1CCC(c2ccccc2F)S(=O)(=O)CC1. The molecule has 1 aromatic heterocycles. The first kappa shape index (κ1) is 17.5. The predicted molar refractivity (Wildman–Crippen MR) is 87.6 cm³/mol. The van der Waals surface area contributed by atoms with Gasteiger partial charge >= 0.3 is 0 Å². The van der Waals surface area contributed by atoms with Crippen LogP contribution in [0.15, 0.2) is 42.7 Å². The Bertz CT molecular complexity index is 902. The number of nitrogens with zero attached hydrogens (tertiary/aromatic N) is 2. The molecule has 0 bridgehead atoms. The Kier molecular flexibility index (Phi) is 4.80. The molecule has 1 amide bonds. The van der Waals surface area contributed by atoms with Crippen LogP contribution in [-0.4, -0.2) is 43.1 Å². The maximum absolute atomic E-state index is 14.0. The van der Waals surface area contributed by atoms with Crippen LogP contribution in [0, 0.1) is 11.6 Å². The fraction of sp³-hybridized carbons (Fsp3) is 0.294. The van der Waals surface area contributed by atoms with E-state index in [1.54, 1.807) is 6.07 Å². The van der Waals surface area contributed by atoms with Crippen LogP contribution < -0.4 is 0 Å². The molecular weight excluding hydrogens is 350 g/mol. The van der Waals surface area contributed by atoms with Crippen LogP contribution >= 0.6 is 0 Å². The average Bonchev–Trinajstić information content (AvgIpc) is 2.74. The Labute approximate surface area is 144 Å². The third-order valence-corrected chi connectivity index (χ3v) is 6.39. The number of carbonyl (C=O) groups excluding carboxylic acids is 1. The summed E-state index contributed by atoms with van der Waals surface area (Å²) in [5, 5.41) is -1.02. The number of carbonyl (C=O) groups is 1. The number of sulfone groups is 1. The van der Waals surface area contributed by atoms with E-state index in [0.29, 0.717) is 0 Å². The van der Waals surface area contributed by atoms with Gasteiger partial charge in [-0.05, 0) is 18.6 Å². The van der Waals surface area contributed by atoms with Crippen LogP contribution in [0.5, 0.6) is 0 Å². The van der Waals surface area contributed by atoms with Crippen molar-refractivity contribution in [3.8, 4) is 0 Å². The smallest absolute Gasteiger partial charge is 0.256 e. The van der Waals surface area contributed by atoms with Crippen LogP contribution in [-0.2, 0) is 9.84 Å². The molecule has 1 aliphatic rings. The fourth-order valence-electron chi connectivity index (χ4n) is 2.95. The second kappa shape index (κ2) is 6.87. The third kappa shape index (κ3) is 3.53. The normalized spacial score (nSPS) is 20.1. The lowest BCUT2D eigenvalue weighted by molar-refractivity contribution is 0.0761. The molecule has 0 N–H and O–H groups in total. The molecule has 1 saturated heterocycles. The lowest BCUT2D eigenvalue weighted by atomic mass is 10.1. The van der Waals surface area contributed by atoms with Gasteiger partial charge in [-0.1, -0.05) is 18.2 Å². The van der Waals surface area contributed by atoms with Crippen molar-refractivity contribution < 1.29 is 22.0 Å². The maximum Gasteiger partial charge on any atom is 0.256 e. The van der Waals surface area contributed by atoms with Crippen molar-refractivity contribution in [2.45, 2.75) is 11.7 Å². The number of aromatic nitrogens is 1. The minimum atomic E-state index is -3.63. The molecule has 5 nitrogen and oxygen atoms in total. The van der Waals surface area contributed by atoms with Gasteiger partial charge in [-0.3, -0.25) is 9.78 Å². The molecule has 3 rings (SSSR count). The van der Waals surface area contributed by atoms with Gasteiger partial charge < -0.3 is 4.90 Å². The van der Waals surface area contributed by atoms with Gasteiger partial charge in [-0.25, -0.2) is 17.2 Å². The number of hydrogen-bond donors (Lipinski definition) is 0. The van der Waals surface area contributed by atoms with E-state index < -0.39 is 32.6 Å². The summed E-state index contributed by atoms with van der Waals surface area (Å²) >= 11 is 0. The minimum absolute atomic E-state index is 0.0573. The molecule has 0 spiro atoms. The highest BCUT2D eigenvalue weighted by molar-refractivity contribution is 7.91. The number of halogens is 2. The molecule has 25 heavy (non-hydrogen) atoms. The van der Waals surface area contributed by atoms with Crippen LogP contribution in [0.4, 0.5) is 8.78 Å². The average molecular weight is 366 g/mol. The van der Waals surface area contributed by atoms with Crippen molar-refractivity contribution in [1.29, 1.82) is 0 Å². The van der Waals surface area contributed by atoms with Crippen molar-refractivity contribution in [1.82, 2.24) is 9.88 Å². The fourth-order valence-corrected chi connectivity index (χ4v) is 4.75. The molecule has 0 saturated carbocycles. The number of rotatable bonds is 2. The van der Waals surface area contributed by atoms with Gasteiger partial charge in [-0.15, -0.1) is 0 Å². The van der Waals surface area contributed by atoms with Crippen molar-refractivity contribution in [3.05, 3.63) is 65.5 Å². The molecule has 1 aromatic carbocycles. The van der Waals surface area contributed by atoms with E-state index in [4.69, 9.17) is 0 Å². The first-order chi connectivity index (χ1) is 11.9. The Morgan fingerprint density at radius 2 is 1.88 bits per heavy atom. The zero-order valence-electron chi connectivity index (χ0n) is 13.2. The van der Waals surface area contributed by atoms with Gasteiger partial charge in [-0.2, -0.15) is 0 Å². The van der Waals surface area contributed by atoms with Crippen molar-refractivity contribution in [2.75, 3.05) is 18.8 Å². The molecule has 1 aliphatic heterocycles. The van der Waals surface area contributed by atoms with Gasteiger partial charge in [0.1, 0.15) is 5.82 Å². The number of benzene rings is 1. The van der Waals surface area contributed by atoms with Crippen molar-refractivity contribution in [3.63, 3.8) is 0 Å². The van der Waals surface area contributed by atoms with Crippen LogP contribution in [0.2, 0.25) is 0 Å². The zero-order valence-corrected chi connectivity index (χ0v) is 14.0. The Morgan fingerprint density at radius 3 is 2.60 bits per heavy atom. The van der Waals surface area contributed by atoms with E-state index in [1.807, 2.05) is 0 Å². The van der Waals surface area contributed by atoms with E-state index in [0.717, 1.165) is 6.20 Å². The van der Waals surface area contributed by atoms with E-state index in [1.165, 1.54) is 35.4 Å². The predicted octanol–water partition coefficient (Wildman–Crippen LogP) is 2.36. The highest BCUT2D eigenvalue weighted by Crippen LogP contribution is 2.31. The summed E-state index contributed by atoms with van der Waals surface area (Å²) in [7, 11) is -3.63. The zero-order chi connectivity index (χ0) is 18.0. The second-order valence-electron chi connectivity index (χ2n) is 5.81. The van der Waals surface area contributed by atoms with Gasteiger partial charge in [0, 0.05) is 24.8 Å². The summed E-state index contributed by atoms with van der Waals surface area (Å²) in [6.45, 7) is 0.0344. The molecule has 132 valence electrons. The minimum Gasteiger partial charge on any atom is -0.337 e. The van der Waals surface area contributed by atoms with Gasteiger partial charge in [0.25, 0.3) is 5.91 Å². The lowest BCUT2D eigenvalue weighted by Crippen LogP contribution is -2.34. The molecule has 0 radical (unpaired) electrons.